The molecule has 0 amide bonds. The Morgan fingerprint density at radius 3 is 2.59 bits per heavy atom. The van der Waals surface area contributed by atoms with Gasteiger partial charge in [-0.2, -0.15) is 5.10 Å². The summed E-state index contributed by atoms with van der Waals surface area (Å²) in [6, 6.07) is 5.60. The fourth-order valence-corrected chi connectivity index (χ4v) is 5.77. The second-order valence-electron chi connectivity index (χ2n) is 8.98. The van der Waals surface area contributed by atoms with Crippen LogP contribution in [0.5, 0.6) is 0 Å². The molecule has 1 fully saturated rings. The lowest BCUT2D eigenvalue weighted by Gasteiger charge is -2.37. The van der Waals surface area contributed by atoms with Crippen molar-refractivity contribution in [3.05, 3.63) is 71.6 Å². The van der Waals surface area contributed by atoms with E-state index in [0.717, 1.165) is 29.8 Å². The maximum atomic E-state index is 14.4. The minimum Gasteiger partial charge on any atom is -0.326 e. The van der Waals surface area contributed by atoms with Crippen molar-refractivity contribution in [1.82, 2.24) is 35.3 Å². The van der Waals surface area contributed by atoms with Crippen LogP contribution in [0, 0.1) is 17.0 Å². The van der Waals surface area contributed by atoms with Crippen LogP contribution >= 0.6 is 0 Å². The number of nitrogens with zero attached hydrogens (tertiary/aromatic N) is 6. The van der Waals surface area contributed by atoms with E-state index in [2.05, 4.69) is 44.2 Å². The normalized spacial score (nSPS) is 22.8. The van der Waals surface area contributed by atoms with Gasteiger partial charge >= 0.3 is 0 Å². The predicted octanol–water partition coefficient (Wildman–Crippen LogP) is 4.20. The fourth-order valence-electron chi connectivity index (χ4n) is 5.77. The van der Waals surface area contributed by atoms with Crippen molar-refractivity contribution >= 4 is 0 Å². The van der Waals surface area contributed by atoms with Gasteiger partial charge in [0.05, 0.1) is 34.3 Å². The molecule has 2 atom stereocenters. The molecular formula is C23H19F2N7. The van der Waals surface area contributed by atoms with Crippen molar-refractivity contribution < 1.29 is 8.78 Å². The predicted molar refractivity (Wildman–Crippen MR) is 111 cm³/mol. The summed E-state index contributed by atoms with van der Waals surface area (Å²) < 4.78 is 28.8. The van der Waals surface area contributed by atoms with Gasteiger partial charge in [-0.3, -0.25) is 4.98 Å². The van der Waals surface area contributed by atoms with Crippen LogP contribution < -0.4 is 0 Å². The van der Waals surface area contributed by atoms with Gasteiger partial charge in [0.2, 0.25) is 0 Å². The highest BCUT2D eigenvalue weighted by atomic mass is 19.1. The molecule has 2 aliphatic rings. The lowest BCUT2D eigenvalue weighted by atomic mass is 9.66. The second kappa shape index (κ2) is 6.44. The van der Waals surface area contributed by atoms with Gasteiger partial charge in [-0.15, -0.1) is 15.3 Å². The zero-order valence-corrected chi connectivity index (χ0v) is 17.5. The molecule has 2 aliphatic carbocycles. The summed E-state index contributed by atoms with van der Waals surface area (Å²) >= 11 is 0. The SMILES string of the molecule is CC1(C)[C@H]2CC[C@]1(c1cncc(-c3nnc[nH]3)n1)c1nnc(-c3c(F)cccc3F)cc12. The number of rotatable bonds is 3. The Balaban J connectivity index is 1.54. The number of nitrogens with one attached hydrogen (secondary N) is 1. The van der Waals surface area contributed by atoms with Crippen LogP contribution in [0.3, 0.4) is 0 Å². The first kappa shape index (κ1) is 19.1. The zero-order chi connectivity index (χ0) is 22.1. The van der Waals surface area contributed by atoms with Crippen molar-refractivity contribution in [2.75, 3.05) is 0 Å². The van der Waals surface area contributed by atoms with Gasteiger partial charge in [-0.1, -0.05) is 19.9 Å². The minimum absolute atomic E-state index is 0.149. The third-order valence-corrected chi connectivity index (χ3v) is 7.33. The first-order valence-corrected chi connectivity index (χ1v) is 10.4. The number of H-pyrrole nitrogens is 1. The number of halogens is 2. The Hall–Kier alpha value is -3.62. The average Bonchev–Trinajstić information content (AvgIpc) is 3.45. The number of aromatic amines is 1. The zero-order valence-electron chi connectivity index (χ0n) is 17.5. The number of hydrogen-bond acceptors (Lipinski definition) is 6. The molecule has 0 aliphatic heterocycles. The molecule has 7 nitrogen and oxygen atoms in total. The topological polar surface area (TPSA) is 93.1 Å². The Morgan fingerprint density at radius 2 is 1.84 bits per heavy atom. The van der Waals surface area contributed by atoms with Crippen LogP contribution in [-0.2, 0) is 5.41 Å². The average molecular weight is 431 g/mol. The molecule has 0 radical (unpaired) electrons. The van der Waals surface area contributed by atoms with E-state index in [1.54, 1.807) is 18.5 Å². The molecule has 1 saturated carbocycles. The van der Waals surface area contributed by atoms with Gasteiger partial charge in [0.1, 0.15) is 23.7 Å². The van der Waals surface area contributed by atoms with E-state index in [1.165, 1.54) is 24.5 Å². The highest BCUT2D eigenvalue weighted by Gasteiger charge is 2.65. The maximum absolute atomic E-state index is 14.4. The van der Waals surface area contributed by atoms with E-state index in [0.29, 0.717) is 11.5 Å². The van der Waals surface area contributed by atoms with Gasteiger partial charge in [0.15, 0.2) is 5.82 Å². The van der Waals surface area contributed by atoms with Crippen LogP contribution in [0.4, 0.5) is 8.78 Å². The molecular weight excluding hydrogens is 412 g/mol. The lowest BCUT2D eigenvalue weighted by Crippen LogP contribution is -2.38. The van der Waals surface area contributed by atoms with Crippen molar-refractivity contribution in [3.8, 4) is 22.8 Å². The Labute approximate surface area is 182 Å². The van der Waals surface area contributed by atoms with E-state index >= 15 is 0 Å². The van der Waals surface area contributed by atoms with Crippen LogP contribution in [0.15, 0.2) is 43.0 Å². The van der Waals surface area contributed by atoms with Crippen molar-refractivity contribution in [2.45, 2.75) is 38.0 Å². The molecule has 3 aromatic heterocycles. The van der Waals surface area contributed by atoms with Crippen LogP contribution in [0.25, 0.3) is 22.8 Å². The summed E-state index contributed by atoms with van der Waals surface area (Å²) in [4.78, 5) is 12.3. The number of hydrogen-bond donors (Lipinski definition) is 1. The molecule has 0 spiro atoms. The third kappa shape index (κ3) is 2.33. The van der Waals surface area contributed by atoms with Gasteiger partial charge in [-0.25, -0.2) is 13.8 Å². The molecule has 0 saturated heterocycles. The third-order valence-electron chi connectivity index (χ3n) is 7.33. The first-order chi connectivity index (χ1) is 15.4. The summed E-state index contributed by atoms with van der Waals surface area (Å²) in [7, 11) is 0. The fraction of sp³-hybridized carbons (Fsp3) is 0.304. The number of fused-ring (bicyclic) bond motifs is 5. The van der Waals surface area contributed by atoms with E-state index in [9.17, 15) is 8.78 Å². The van der Waals surface area contributed by atoms with E-state index < -0.39 is 17.0 Å². The van der Waals surface area contributed by atoms with Gasteiger partial charge in [0, 0.05) is 6.20 Å². The van der Waals surface area contributed by atoms with E-state index in [-0.39, 0.29) is 22.6 Å². The summed E-state index contributed by atoms with van der Waals surface area (Å²) in [5, 5.41) is 16.7. The van der Waals surface area contributed by atoms with Crippen LogP contribution in [0.1, 0.15) is 49.6 Å². The highest BCUT2D eigenvalue weighted by Crippen LogP contribution is 2.69. The number of aromatic nitrogens is 7. The summed E-state index contributed by atoms with van der Waals surface area (Å²) in [5.41, 5.74) is 2.49. The van der Waals surface area contributed by atoms with Gasteiger partial charge in [0.25, 0.3) is 0 Å². The molecule has 3 heterocycles. The Kier molecular flexibility index (Phi) is 3.84. The Bertz CT molecular complexity index is 1330. The highest BCUT2D eigenvalue weighted by molar-refractivity contribution is 5.64. The molecule has 0 unspecified atom stereocenters. The summed E-state index contributed by atoms with van der Waals surface area (Å²) in [6.07, 6.45) is 6.67. The molecule has 1 aromatic carbocycles. The number of benzene rings is 1. The van der Waals surface area contributed by atoms with Crippen molar-refractivity contribution in [3.63, 3.8) is 0 Å². The summed E-state index contributed by atoms with van der Waals surface area (Å²) in [5.74, 6) is -0.598. The largest absolute Gasteiger partial charge is 0.326 e. The van der Waals surface area contributed by atoms with Crippen molar-refractivity contribution in [2.24, 2.45) is 5.41 Å². The van der Waals surface area contributed by atoms with Gasteiger partial charge < -0.3 is 4.98 Å². The van der Waals surface area contributed by atoms with E-state index in [1.807, 2.05) is 0 Å². The molecule has 2 bridgehead atoms. The summed E-state index contributed by atoms with van der Waals surface area (Å²) in [6.45, 7) is 4.39. The monoisotopic (exact) mass is 431 g/mol. The van der Waals surface area contributed by atoms with Crippen LogP contribution in [-0.4, -0.2) is 35.3 Å². The second-order valence-corrected chi connectivity index (χ2v) is 8.98. The molecule has 32 heavy (non-hydrogen) atoms. The first-order valence-electron chi connectivity index (χ1n) is 10.4. The molecule has 4 aromatic rings. The standard InChI is InChI=1S/C23H19F2N7/c1-22(2)13-6-7-23(22,18-10-26-9-17(29-18)21-27-11-28-32-21)20-12(13)8-16(30-31-20)19-14(24)4-3-5-15(19)25/h3-5,8-11,13H,6-7H2,1-2H3,(H,27,28,32)/t13-,23-/m0/s1. The lowest BCUT2D eigenvalue weighted by molar-refractivity contribution is 0.242. The smallest absolute Gasteiger partial charge is 0.181 e. The van der Waals surface area contributed by atoms with Crippen molar-refractivity contribution in [1.29, 1.82) is 0 Å². The maximum Gasteiger partial charge on any atom is 0.181 e. The van der Waals surface area contributed by atoms with Gasteiger partial charge in [-0.05, 0) is 47.9 Å². The van der Waals surface area contributed by atoms with E-state index in [4.69, 9.17) is 4.98 Å². The molecule has 9 heteroatoms. The molecule has 160 valence electrons. The van der Waals surface area contributed by atoms with Crippen LogP contribution in [0.2, 0.25) is 0 Å². The molecule has 1 N–H and O–H groups in total. The Morgan fingerprint density at radius 1 is 1.03 bits per heavy atom. The minimum atomic E-state index is -0.651. The quantitative estimate of drug-likeness (QED) is 0.523. The molecule has 6 rings (SSSR count).